The number of anilines is 1. The Balaban J connectivity index is 1.65. The van der Waals surface area contributed by atoms with Crippen LogP contribution in [-0.2, 0) is 4.74 Å². The summed E-state index contributed by atoms with van der Waals surface area (Å²) >= 11 is 1.69. The van der Waals surface area contributed by atoms with Gasteiger partial charge in [0.05, 0.1) is 23.8 Å². The zero-order valence-electron chi connectivity index (χ0n) is 15.0. The normalized spacial score (nSPS) is 14.5. The maximum absolute atomic E-state index is 10.8. The molecule has 2 aromatic carbocycles. The van der Waals surface area contributed by atoms with E-state index in [9.17, 15) is 10.1 Å². The van der Waals surface area contributed by atoms with Crippen LogP contribution in [0.2, 0.25) is 0 Å². The second-order valence-corrected chi connectivity index (χ2v) is 7.27. The van der Waals surface area contributed by atoms with Gasteiger partial charge < -0.3 is 9.64 Å². The van der Waals surface area contributed by atoms with E-state index in [1.807, 2.05) is 24.3 Å². The molecule has 142 valence electrons. The minimum atomic E-state index is -0.428. The summed E-state index contributed by atoms with van der Waals surface area (Å²) in [6, 6.07) is 18.3. The second kappa shape index (κ2) is 8.28. The van der Waals surface area contributed by atoms with E-state index < -0.39 is 4.92 Å². The third-order valence-electron chi connectivity index (χ3n) is 4.38. The van der Waals surface area contributed by atoms with Gasteiger partial charge in [-0.3, -0.25) is 10.1 Å². The average molecular weight is 394 g/mol. The molecule has 0 spiro atoms. The van der Waals surface area contributed by atoms with Crippen LogP contribution < -0.4 is 4.90 Å². The van der Waals surface area contributed by atoms with Crippen LogP contribution in [0.15, 0.2) is 70.9 Å². The average Bonchev–Trinajstić information content (AvgIpc) is 3.18. The van der Waals surface area contributed by atoms with Crippen LogP contribution in [0, 0.1) is 10.1 Å². The van der Waals surface area contributed by atoms with Crippen molar-refractivity contribution in [3.05, 3.63) is 70.8 Å². The lowest BCUT2D eigenvalue weighted by Crippen LogP contribution is -2.35. The first-order chi connectivity index (χ1) is 13.7. The lowest BCUT2D eigenvalue weighted by atomic mass is 10.2. The molecule has 28 heavy (non-hydrogen) atoms. The molecule has 1 aliphatic rings. The molecule has 0 amide bonds. The second-order valence-electron chi connectivity index (χ2n) is 6.24. The third-order valence-corrected chi connectivity index (χ3v) is 5.62. The van der Waals surface area contributed by atoms with Crippen LogP contribution in [0.5, 0.6) is 0 Å². The van der Waals surface area contributed by atoms with Gasteiger partial charge in [-0.15, -0.1) is 16.5 Å². The van der Waals surface area contributed by atoms with Gasteiger partial charge in [0, 0.05) is 30.1 Å². The summed E-state index contributed by atoms with van der Waals surface area (Å²) < 4.78 is 5.47. The van der Waals surface area contributed by atoms with Gasteiger partial charge >= 0.3 is 0 Å². The van der Waals surface area contributed by atoms with E-state index in [0.717, 1.165) is 34.2 Å². The summed E-state index contributed by atoms with van der Waals surface area (Å²) in [4.78, 5) is 13.8. The molecule has 0 atom stereocenters. The summed E-state index contributed by atoms with van der Waals surface area (Å²) in [5.41, 5.74) is 2.55. The Morgan fingerprint density at radius 3 is 2.39 bits per heavy atom. The Bertz CT molecular complexity index is 980. The number of rotatable bonds is 5. The number of morpholine rings is 1. The predicted molar refractivity (Wildman–Crippen MR) is 110 cm³/mol. The van der Waals surface area contributed by atoms with Gasteiger partial charge in [0.25, 0.3) is 5.69 Å². The number of hydrogen-bond donors (Lipinski definition) is 0. The van der Waals surface area contributed by atoms with Crippen LogP contribution >= 0.6 is 11.3 Å². The highest BCUT2D eigenvalue weighted by Crippen LogP contribution is 2.43. The Kier molecular flexibility index (Phi) is 5.41. The van der Waals surface area contributed by atoms with E-state index in [4.69, 9.17) is 4.74 Å². The van der Waals surface area contributed by atoms with E-state index >= 15 is 0 Å². The number of thiophene rings is 1. The lowest BCUT2D eigenvalue weighted by molar-refractivity contribution is -0.384. The Morgan fingerprint density at radius 2 is 1.71 bits per heavy atom. The first-order valence-corrected chi connectivity index (χ1v) is 9.70. The van der Waals surface area contributed by atoms with Crippen molar-refractivity contribution in [1.82, 2.24) is 0 Å². The Labute approximate surface area is 166 Å². The molecular formula is C20H18N4O3S. The molecule has 3 aromatic rings. The summed E-state index contributed by atoms with van der Waals surface area (Å²) in [6.07, 6.45) is 0. The first-order valence-electron chi connectivity index (χ1n) is 8.89. The van der Waals surface area contributed by atoms with Crippen molar-refractivity contribution in [3.63, 3.8) is 0 Å². The van der Waals surface area contributed by atoms with Crippen LogP contribution in [0.1, 0.15) is 0 Å². The molecule has 7 nitrogen and oxygen atoms in total. The molecule has 1 fully saturated rings. The van der Waals surface area contributed by atoms with Crippen molar-refractivity contribution < 1.29 is 9.66 Å². The van der Waals surface area contributed by atoms with E-state index in [2.05, 4.69) is 27.3 Å². The molecule has 0 unspecified atom stereocenters. The molecule has 2 heterocycles. The molecule has 0 N–H and O–H groups in total. The highest BCUT2D eigenvalue weighted by Gasteiger charge is 2.19. The molecule has 0 aliphatic carbocycles. The fourth-order valence-electron chi connectivity index (χ4n) is 2.93. The summed E-state index contributed by atoms with van der Waals surface area (Å²) in [5, 5.41) is 20.6. The number of benzene rings is 2. The molecule has 1 aliphatic heterocycles. The molecule has 4 rings (SSSR count). The van der Waals surface area contributed by atoms with Gasteiger partial charge in [-0.1, -0.05) is 30.3 Å². The minimum absolute atomic E-state index is 0.0369. The SMILES string of the molecule is O=[N+]([O-])c1ccc(N=Nc2cc(-c3ccccc3)sc2N2CCOCC2)cc1. The highest BCUT2D eigenvalue weighted by molar-refractivity contribution is 7.20. The molecular weight excluding hydrogens is 376 g/mol. The van der Waals surface area contributed by atoms with E-state index in [-0.39, 0.29) is 5.69 Å². The van der Waals surface area contributed by atoms with Crippen molar-refractivity contribution >= 4 is 33.4 Å². The monoisotopic (exact) mass is 394 g/mol. The van der Waals surface area contributed by atoms with Crippen molar-refractivity contribution in [2.45, 2.75) is 0 Å². The molecule has 0 saturated carbocycles. The van der Waals surface area contributed by atoms with E-state index in [0.29, 0.717) is 18.9 Å². The quantitative estimate of drug-likeness (QED) is 0.322. The van der Waals surface area contributed by atoms with E-state index in [1.54, 1.807) is 23.5 Å². The highest BCUT2D eigenvalue weighted by atomic mass is 32.1. The standard InChI is InChI=1S/C20H18N4O3S/c25-24(26)17-8-6-16(7-9-17)21-22-18-14-19(15-4-2-1-3-5-15)28-20(18)23-10-12-27-13-11-23/h1-9,14H,10-13H2. The number of non-ortho nitro benzene ring substituents is 1. The summed E-state index contributed by atoms with van der Waals surface area (Å²) in [6.45, 7) is 3.01. The number of azo groups is 1. The van der Waals surface area contributed by atoms with Gasteiger partial charge in [0.1, 0.15) is 10.7 Å². The summed E-state index contributed by atoms with van der Waals surface area (Å²) in [5.74, 6) is 0. The maximum atomic E-state index is 10.8. The molecule has 0 bridgehead atoms. The fraction of sp³-hybridized carbons (Fsp3) is 0.200. The Hall–Kier alpha value is -3.10. The predicted octanol–water partition coefficient (Wildman–Crippen LogP) is 5.58. The number of hydrogen-bond acceptors (Lipinski definition) is 7. The number of nitro benzene ring substituents is 1. The van der Waals surface area contributed by atoms with Crippen LogP contribution in [0.25, 0.3) is 10.4 Å². The summed E-state index contributed by atoms with van der Waals surface area (Å²) in [7, 11) is 0. The Morgan fingerprint density at radius 1 is 1.00 bits per heavy atom. The third kappa shape index (κ3) is 4.08. The smallest absolute Gasteiger partial charge is 0.269 e. The van der Waals surface area contributed by atoms with Crippen molar-refractivity contribution in [3.8, 4) is 10.4 Å². The van der Waals surface area contributed by atoms with Crippen molar-refractivity contribution in [2.24, 2.45) is 10.2 Å². The topological polar surface area (TPSA) is 80.3 Å². The zero-order chi connectivity index (χ0) is 19.3. The molecule has 1 saturated heterocycles. The minimum Gasteiger partial charge on any atom is -0.378 e. The largest absolute Gasteiger partial charge is 0.378 e. The van der Waals surface area contributed by atoms with Gasteiger partial charge in [0.2, 0.25) is 0 Å². The van der Waals surface area contributed by atoms with Gasteiger partial charge in [-0.05, 0) is 23.8 Å². The zero-order valence-corrected chi connectivity index (χ0v) is 15.8. The first kappa shape index (κ1) is 18.3. The van der Waals surface area contributed by atoms with Crippen molar-refractivity contribution in [2.75, 3.05) is 31.2 Å². The van der Waals surface area contributed by atoms with Gasteiger partial charge in [-0.2, -0.15) is 5.11 Å². The molecule has 0 radical (unpaired) electrons. The van der Waals surface area contributed by atoms with Crippen LogP contribution in [-0.4, -0.2) is 31.2 Å². The number of nitrogens with zero attached hydrogens (tertiary/aromatic N) is 4. The number of nitro groups is 1. The molecule has 8 heteroatoms. The van der Waals surface area contributed by atoms with Gasteiger partial charge in [0.15, 0.2) is 0 Å². The number of ether oxygens (including phenoxy) is 1. The fourth-order valence-corrected chi connectivity index (χ4v) is 4.08. The van der Waals surface area contributed by atoms with Crippen LogP contribution in [0.3, 0.4) is 0 Å². The maximum Gasteiger partial charge on any atom is 0.269 e. The molecule has 1 aromatic heterocycles. The van der Waals surface area contributed by atoms with Gasteiger partial charge in [-0.25, -0.2) is 0 Å². The van der Waals surface area contributed by atoms with Crippen LogP contribution in [0.4, 0.5) is 22.1 Å². The van der Waals surface area contributed by atoms with Crippen molar-refractivity contribution in [1.29, 1.82) is 0 Å². The lowest BCUT2D eigenvalue weighted by Gasteiger charge is -2.27. The van der Waals surface area contributed by atoms with E-state index in [1.165, 1.54) is 12.1 Å².